The first-order valence-corrected chi connectivity index (χ1v) is 9.11. The van der Waals surface area contributed by atoms with E-state index in [9.17, 15) is 4.79 Å². The Balaban J connectivity index is 1.63. The van der Waals surface area contributed by atoms with Gasteiger partial charge < -0.3 is 10.1 Å². The summed E-state index contributed by atoms with van der Waals surface area (Å²) in [5.41, 5.74) is 1.55. The summed E-state index contributed by atoms with van der Waals surface area (Å²) in [7, 11) is 1.54. The van der Waals surface area contributed by atoms with Crippen LogP contribution in [0.2, 0.25) is 5.02 Å². The Morgan fingerprint density at radius 3 is 2.73 bits per heavy atom. The maximum atomic E-state index is 12.4. The van der Waals surface area contributed by atoms with Gasteiger partial charge in [0.15, 0.2) is 5.82 Å². The number of carbonyl (C=O) groups excluding carboxylic acids is 1. The lowest BCUT2D eigenvalue weighted by Crippen LogP contribution is -2.22. The number of carbonyl (C=O) groups is 1. The van der Waals surface area contributed by atoms with Crippen molar-refractivity contribution >= 4 is 35.0 Å². The average Bonchev–Trinajstić information content (AvgIpc) is 3.11. The average molecular weight is 389 g/mol. The topological polar surface area (TPSA) is 79.9 Å². The van der Waals surface area contributed by atoms with Gasteiger partial charge in [-0.1, -0.05) is 53.7 Å². The molecule has 0 aliphatic rings. The van der Waals surface area contributed by atoms with Gasteiger partial charge >= 0.3 is 0 Å². The monoisotopic (exact) mass is 388 g/mol. The highest BCUT2D eigenvalue weighted by molar-refractivity contribution is 8.00. The minimum absolute atomic E-state index is 0.165. The van der Waals surface area contributed by atoms with E-state index in [1.54, 1.807) is 32.2 Å². The summed E-state index contributed by atoms with van der Waals surface area (Å²) in [4.78, 5) is 16.8. The highest BCUT2D eigenvalue weighted by atomic mass is 35.5. The molecule has 2 N–H and O–H groups in total. The molecule has 0 aliphatic heterocycles. The van der Waals surface area contributed by atoms with Crippen molar-refractivity contribution in [3.05, 3.63) is 53.6 Å². The van der Waals surface area contributed by atoms with Crippen LogP contribution in [0, 0.1) is 0 Å². The Labute approximate surface area is 160 Å². The Bertz CT molecular complexity index is 901. The molecule has 3 rings (SSSR count). The second kappa shape index (κ2) is 8.25. The largest absolute Gasteiger partial charge is 0.495 e. The number of rotatable bonds is 6. The summed E-state index contributed by atoms with van der Waals surface area (Å²) >= 11 is 7.35. The highest BCUT2D eigenvalue weighted by Gasteiger charge is 2.18. The Hall–Kier alpha value is -2.51. The van der Waals surface area contributed by atoms with Crippen molar-refractivity contribution in [2.45, 2.75) is 17.3 Å². The van der Waals surface area contributed by atoms with Crippen molar-refractivity contribution in [1.82, 2.24) is 15.2 Å². The second-order valence-electron chi connectivity index (χ2n) is 5.43. The van der Waals surface area contributed by atoms with Crippen molar-refractivity contribution in [2.24, 2.45) is 0 Å². The summed E-state index contributed by atoms with van der Waals surface area (Å²) in [6, 6.07) is 14.8. The number of amides is 1. The minimum atomic E-state index is -0.379. The molecule has 0 spiro atoms. The number of aromatic nitrogens is 3. The molecule has 0 saturated heterocycles. The molecule has 2 aromatic carbocycles. The van der Waals surface area contributed by atoms with Crippen LogP contribution < -0.4 is 10.1 Å². The zero-order valence-corrected chi connectivity index (χ0v) is 15.8. The summed E-state index contributed by atoms with van der Waals surface area (Å²) in [6.07, 6.45) is 0. The van der Waals surface area contributed by atoms with E-state index in [4.69, 9.17) is 16.3 Å². The van der Waals surface area contributed by atoms with Crippen molar-refractivity contribution in [3.63, 3.8) is 0 Å². The molecule has 0 saturated carbocycles. The summed E-state index contributed by atoms with van der Waals surface area (Å²) in [6.45, 7) is 1.80. The number of halogens is 1. The van der Waals surface area contributed by atoms with Gasteiger partial charge in [-0.05, 0) is 25.1 Å². The maximum Gasteiger partial charge on any atom is 0.237 e. The van der Waals surface area contributed by atoms with Crippen molar-refractivity contribution in [3.8, 4) is 17.1 Å². The van der Waals surface area contributed by atoms with Crippen LogP contribution in [-0.4, -0.2) is 33.4 Å². The van der Waals surface area contributed by atoms with Crippen molar-refractivity contribution < 1.29 is 9.53 Å². The number of nitrogens with zero attached hydrogens (tertiary/aromatic N) is 2. The Morgan fingerprint density at radius 1 is 1.27 bits per heavy atom. The standard InChI is InChI=1S/C18H17ClN4O2S/c1-11(17(24)20-13-8-9-15(25-2)14(19)10-13)26-18-21-16(22-23-18)12-6-4-3-5-7-12/h3-11H,1-2H3,(H,20,24)(H,21,22,23)/t11-/m0/s1. The van der Waals surface area contributed by atoms with Gasteiger partial charge in [0.1, 0.15) is 5.75 Å². The number of hydrogen-bond donors (Lipinski definition) is 2. The molecule has 1 aromatic heterocycles. The van der Waals surface area contributed by atoms with E-state index in [0.29, 0.717) is 27.4 Å². The third-order valence-electron chi connectivity index (χ3n) is 3.58. The summed E-state index contributed by atoms with van der Waals surface area (Å²) in [5.74, 6) is 1.06. The first-order chi connectivity index (χ1) is 12.6. The van der Waals surface area contributed by atoms with Gasteiger partial charge in [0.05, 0.1) is 17.4 Å². The number of hydrogen-bond acceptors (Lipinski definition) is 5. The second-order valence-corrected chi connectivity index (χ2v) is 7.15. The molecule has 0 radical (unpaired) electrons. The summed E-state index contributed by atoms with van der Waals surface area (Å²) in [5, 5.41) is 10.5. The molecule has 0 fully saturated rings. The van der Waals surface area contributed by atoms with Gasteiger partial charge in [0.2, 0.25) is 11.1 Å². The van der Waals surface area contributed by atoms with Crippen LogP contribution in [0.3, 0.4) is 0 Å². The van der Waals surface area contributed by atoms with Gasteiger partial charge in [-0.25, -0.2) is 4.98 Å². The maximum absolute atomic E-state index is 12.4. The van der Waals surface area contributed by atoms with Crippen LogP contribution >= 0.6 is 23.4 Å². The van der Waals surface area contributed by atoms with Gasteiger partial charge in [0, 0.05) is 11.3 Å². The molecular weight excluding hydrogens is 372 g/mol. The molecule has 1 heterocycles. The van der Waals surface area contributed by atoms with Crippen LogP contribution in [0.5, 0.6) is 5.75 Å². The number of methoxy groups -OCH3 is 1. The normalized spacial score (nSPS) is 11.8. The fourth-order valence-corrected chi connectivity index (χ4v) is 3.21. The van der Waals surface area contributed by atoms with Crippen LogP contribution in [0.1, 0.15) is 6.92 Å². The number of aromatic amines is 1. The van der Waals surface area contributed by atoms with Crippen LogP contribution in [0.4, 0.5) is 5.69 Å². The molecule has 1 amide bonds. The van der Waals surface area contributed by atoms with E-state index in [0.717, 1.165) is 5.56 Å². The van der Waals surface area contributed by atoms with Crippen molar-refractivity contribution in [1.29, 1.82) is 0 Å². The predicted octanol–water partition coefficient (Wildman–Crippen LogP) is 4.25. The van der Waals surface area contributed by atoms with Gasteiger partial charge in [-0.15, -0.1) is 5.10 Å². The fraction of sp³-hybridized carbons (Fsp3) is 0.167. The Kier molecular flexibility index (Phi) is 5.80. The minimum Gasteiger partial charge on any atom is -0.495 e. The molecule has 134 valence electrons. The number of thioether (sulfide) groups is 1. The molecule has 0 unspecified atom stereocenters. The van der Waals surface area contributed by atoms with E-state index >= 15 is 0 Å². The molecule has 3 aromatic rings. The summed E-state index contributed by atoms with van der Waals surface area (Å²) < 4.78 is 5.10. The molecule has 8 heteroatoms. The van der Waals surface area contributed by atoms with Crippen LogP contribution in [0.15, 0.2) is 53.7 Å². The van der Waals surface area contributed by atoms with Gasteiger partial charge in [-0.2, -0.15) is 0 Å². The smallest absolute Gasteiger partial charge is 0.237 e. The third-order valence-corrected chi connectivity index (χ3v) is 4.84. The number of nitrogens with one attached hydrogen (secondary N) is 2. The predicted molar refractivity (Wildman–Crippen MR) is 104 cm³/mol. The fourth-order valence-electron chi connectivity index (χ4n) is 2.22. The molecule has 6 nitrogen and oxygen atoms in total. The molecule has 1 atom stereocenters. The zero-order valence-electron chi connectivity index (χ0n) is 14.2. The number of ether oxygens (including phenoxy) is 1. The SMILES string of the molecule is COc1ccc(NC(=O)[C@H](C)Sc2n[nH]c(-c3ccccc3)n2)cc1Cl. The van der Waals surface area contributed by atoms with E-state index in [1.165, 1.54) is 11.8 Å². The number of benzene rings is 2. The van der Waals surface area contributed by atoms with Gasteiger partial charge in [-0.3, -0.25) is 9.89 Å². The number of anilines is 1. The first-order valence-electron chi connectivity index (χ1n) is 7.85. The lowest BCUT2D eigenvalue weighted by atomic mass is 10.2. The van der Waals surface area contributed by atoms with E-state index in [1.807, 2.05) is 30.3 Å². The van der Waals surface area contributed by atoms with E-state index in [-0.39, 0.29) is 11.2 Å². The first kappa shape index (κ1) is 18.3. The number of H-pyrrole nitrogens is 1. The molecule has 26 heavy (non-hydrogen) atoms. The van der Waals surface area contributed by atoms with Crippen LogP contribution in [0.25, 0.3) is 11.4 Å². The molecule has 0 bridgehead atoms. The lowest BCUT2D eigenvalue weighted by molar-refractivity contribution is -0.115. The third kappa shape index (κ3) is 4.36. The quantitative estimate of drug-likeness (QED) is 0.617. The zero-order chi connectivity index (χ0) is 18.5. The lowest BCUT2D eigenvalue weighted by Gasteiger charge is -2.11. The molecular formula is C18H17ClN4O2S. The highest BCUT2D eigenvalue weighted by Crippen LogP contribution is 2.28. The van der Waals surface area contributed by atoms with E-state index < -0.39 is 0 Å². The van der Waals surface area contributed by atoms with E-state index in [2.05, 4.69) is 20.5 Å². The van der Waals surface area contributed by atoms with Crippen molar-refractivity contribution in [2.75, 3.05) is 12.4 Å². The van der Waals surface area contributed by atoms with Crippen LogP contribution in [-0.2, 0) is 4.79 Å². The Morgan fingerprint density at radius 2 is 2.04 bits per heavy atom. The molecule has 0 aliphatic carbocycles. The van der Waals surface area contributed by atoms with Gasteiger partial charge in [0.25, 0.3) is 0 Å².